The number of carbonyl (C=O) groups excluding carboxylic acids is 1. The van der Waals surface area contributed by atoms with Crippen molar-refractivity contribution in [1.82, 2.24) is 0 Å². The predicted octanol–water partition coefficient (Wildman–Crippen LogP) is 4.39. The molecule has 0 atom stereocenters. The van der Waals surface area contributed by atoms with E-state index in [2.05, 4.69) is 22.6 Å². The Hall–Kier alpha value is -1.27. The van der Waals surface area contributed by atoms with E-state index in [1.807, 2.05) is 24.3 Å². The van der Waals surface area contributed by atoms with Gasteiger partial charge >= 0.3 is 0 Å². The largest absolute Gasteiger partial charge is 0.493 e. The van der Waals surface area contributed by atoms with Crippen molar-refractivity contribution >= 4 is 40.0 Å². The Morgan fingerprint density at radius 1 is 1.14 bits per heavy atom. The van der Waals surface area contributed by atoms with Crippen LogP contribution in [0, 0.1) is 3.57 Å². The summed E-state index contributed by atoms with van der Waals surface area (Å²) in [6.07, 6.45) is 0.322. The number of hydrogen-bond acceptors (Lipinski definition) is 3. The van der Waals surface area contributed by atoms with Crippen LogP contribution >= 0.6 is 34.2 Å². The van der Waals surface area contributed by atoms with Gasteiger partial charge in [0.15, 0.2) is 17.3 Å². The summed E-state index contributed by atoms with van der Waals surface area (Å²) in [6, 6.07) is 11.1. The van der Waals surface area contributed by atoms with Gasteiger partial charge in [0, 0.05) is 15.6 Å². The zero-order valence-electron chi connectivity index (χ0n) is 11.7. The predicted molar refractivity (Wildman–Crippen MR) is 91.7 cm³/mol. The number of benzene rings is 2. The van der Waals surface area contributed by atoms with Gasteiger partial charge in [0.1, 0.15) is 0 Å². The van der Waals surface area contributed by atoms with Crippen molar-refractivity contribution in [1.29, 1.82) is 0 Å². The van der Waals surface area contributed by atoms with Crippen molar-refractivity contribution in [2.45, 2.75) is 6.42 Å². The standard InChI is InChI=1S/C16H14ClIO3/c1-20-15-9-11(8-13(17)16(15)21-2)14(19)7-10-3-5-12(18)6-4-10/h3-6,8-9H,7H2,1-2H3. The molecule has 0 N–H and O–H groups in total. The van der Waals surface area contributed by atoms with Crippen LogP contribution in [0.25, 0.3) is 0 Å². The van der Waals surface area contributed by atoms with Crippen LogP contribution in [0.3, 0.4) is 0 Å². The molecule has 0 fully saturated rings. The average Bonchev–Trinajstić information content (AvgIpc) is 2.48. The first-order valence-electron chi connectivity index (χ1n) is 6.24. The van der Waals surface area contributed by atoms with Crippen LogP contribution in [0.2, 0.25) is 5.02 Å². The maximum atomic E-state index is 12.4. The molecule has 5 heteroatoms. The first-order valence-corrected chi connectivity index (χ1v) is 7.70. The van der Waals surface area contributed by atoms with Crippen LogP contribution < -0.4 is 9.47 Å². The minimum atomic E-state index is -0.0148. The van der Waals surface area contributed by atoms with E-state index in [9.17, 15) is 4.79 Å². The average molecular weight is 417 g/mol. The molecule has 0 saturated heterocycles. The molecular weight excluding hydrogens is 403 g/mol. The lowest BCUT2D eigenvalue weighted by Crippen LogP contribution is -2.05. The lowest BCUT2D eigenvalue weighted by molar-refractivity contribution is 0.0992. The first kappa shape index (κ1) is 16.1. The zero-order valence-corrected chi connectivity index (χ0v) is 14.6. The molecule has 2 aromatic rings. The molecule has 3 nitrogen and oxygen atoms in total. The minimum absolute atomic E-state index is 0.0148. The molecule has 0 aliphatic heterocycles. The number of Topliss-reactive ketones (excluding diaryl/α,β-unsaturated/α-hetero) is 1. The summed E-state index contributed by atoms with van der Waals surface area (Å²) in [5, 5.41) is 0.364. The van der Waals surface area contributed by atoms with Crippen LogP contribution in [0.15, 0.2) is 36.4 Å². The molecule has 21 heavy (non-hydrogen) atoms. The first-order chi connectivity index (χ1) is 10.0. The molecule has 0 saturated carbocycles. The normalized spacial score (nSPS) is 10.3. The Labute approximate surface area is 142 Å². The fourth-order valence-corrected chi connectivity index (χ4v) is 2.62. The minimum Gasteiger partial charge on any atom is -0.493 e. The van der Waals surface area contributed by atoms with E-state index in [1.165, 1.54) is 14.2 Å². The number of hydrogen-bond donors (Lipinski definition) is 0. The number of ether oxygens (including phenoxy) is 2. The van der Waals surface area contributed by atoms with E-state index < -0.39 is 0 Å². The summed E-state index contributed by atoms with van der Waals surface area (Å²) >= 11 is 8.35. The van der Waals surface area contributed by atoms with Gasteiger partial charge in [0.05, 0.1) is 19.2 Å². The fraction of sp³-hybridized carbons (Fsp3) is 0.188. The molecule has 0 aliphatic carbocycles. The van der Waals surface area contributed by atoms with Crippen molar-refractivity contribution < 1.29 is 14.3 Å². The summed E-state index contributed by atoms with van der Waals surface area (Å²) in [7, 11) is 3.03. The molecule has 2 aromatic carbocycles. The molecule has 0 aliphatic rings. The molecule has 0 radical (unpaired) electrons. The van der Waals surface area contributed by atoms with Gasteiger partial charge in [-0.1, -0.05) is 23.7 Å². The van der Waals surface area contributed by atoms with Crippen LogP contribution in [0.4, 0.5) is 0 Å². The number of rotatable bonds is 5. The summed E-state index contributed by atoms with van der Waals surface area (Å²) in [6.45, 7) is 0. The molecule has 0 spiro atoms. The number of halogens is 2. The van der Waals surface area contributed by atoms with E-state index in [0.717, 1.165) is 9.13 Å². The second-order valence-corrected chi connectivity index (χ2v) is 6.07. The lowest BCUT2D eigenvalue weighted by atomic mass is 10.0. The SMILES string of the molecule is COc1cc(C(=O)Cc2ccc(I)cc2)cc(Cl)c1OC. The highest BCUT2D eigenvalue weighted by Crippen LogP contribution is 2.36. The summed E-state index contributed by atoms with van der Waals surface area (Å²) in [5.41, 5.74) is 1.47. The fourth-order valence-electron chi connectivity index (χ4n) is 1.97. The lowest BCUT2D eigenvalue weighted by Gasteiger charge is -2.11. The Kier molecular flexibility index (Phi) is 5.47. The Balaban J connectivity index is 2.27. The van der Waals surface area contributed by atoms with Crippen LogP contribution in [-0.4, -0.2) is 20.0 Å². The summed E-state index contributed by atoms with van der Waals surface area (Å²) in [4.78, 5) is 12.4. The Morgan fingerprint density at radius 2 is 1.81 bits per heavy atom. The molecule has 0 aromatic heterocycles. The highest BCUT2D eigenvalue weighted by molar-refractivity contribution is 14.1. The second-order valence-electron chi connectivity index (χ2n) is 4.42. The zero-order chi connectivity index (χ0) is 15.4. The number of ketones is 1. The molecule has 0 bridgehead atoms. The maximum Gasteiger partial charge on any atom is 0.179 e. The highest BCUT2D eigenvalue weighted by Gasteiger charge is 2.15. The van der Waals surface area contributed by atoms with Crippen molar-refractivity contribution in [2.24, 2.45) is 0 Å². The van der Waals surface area contributed by atoms with Crippen LogP contribution in [-0.2, 0) is 6.42 Å². The van der Waals surface area contributed by atoms with E-state index in [4.69, 9.17) is 21.1 Å². The van der Waals surface area contributed by atoms with Gasteiger partial charge in [-0.25, -0.2) is 0 Å². The van der Waals surface area contributed by atoms with Crippen LogP contribution in [0.1, 0.15) is 15.9 Å². The van der Waals surface area contributed by atoms with Gasteiger partial charge in [-0.15, -0.1) is 0 Å². The summed E-state index contributed by atoms with van der Waals surface area (Å²) < 4.78 is 11.5. The molecule has 2 rings (SSSR count). The van der Waals surface area contributed by atoms with Crippen molar-refractivity contribution in [2.75, 3.05) is 14.2 Å². The molecule has 110 valence electrons. The summed E-state index contributed by atoms with van der Waals surface area (Å²) in [5.74, 6) is 0.875. The molecule has 0 heterocycles. The highest BCUT2D eigenvalue weighted by atomic mass is 127. The topological polar surface area (TPSA) is 35.5 Å². The third kappa shape index (κ3) is 3.89. The quantitative estimate of drug-likeness (QED) is 0.536. The molecule has 0 unspecified atom stereocenters. The second kappa shape index (κ2) is 7.13. The van der Waals surface area contributed by atoms with Crippen molar-refractivity contribution in [3.05, 3.63) is 56.1 Å². The maximum absolute atomic E-state index is 12.4. The smallest absolute Gasteiger partial charge is 0.179 e. The van der Waals surface area contributed by atoms with E-state index in [1.54, 1.807) is 12.1 Å². The van der Waals surface area contributed by atoms with Crippen molar-refractivity contribution in [3.8, 4) is 11.5 Å². The van der Waals surface area contributed by atoms with Gasteiger partial charge < -0.3 is 9.47 Å². The third-order valence-corrected chi connectivity index (χ3v) is 4.03. The molecule has 0 amide bonds. The molecular formula is C16H14ClIO3. The van der Waals surface area contributed by atoms with Crippen molar-refractivity contribution in [3.63, 3.8) is 0 Å². The third-order valence-electron chi connectivity index (χ3n) is 3.03. The van der Waals surface area contributed by atoms with Gasteiger partial charge in [-0.05, 0) is 52.4 Å². The van der Waals surface area contributed by atoms with Gasteiger partial charge in [0.25, 0.3) is 0 Å². The van der Waals surface area contributed by atoms with Gasteiger partial charge in [0.2, 0.25) is 0 Å². The Morgan fingerprint density at radius 3 is 2.38 bits per heavy atom. The van der Waals surface area contributed by atoms with Crippen LogP contribution in [0.5, 0.6) is 11.5 Å². The number of carbonyl (C=O) groups is 1. The monoisotopic (exact) mass is 416 g/mol. The van der Waals surface area contributed by atoms with E-state index in [-0.39, 0.29) is 5.78 Å². The Bertz CT molecular complexity index is 653. The van der Waals surface area contributed by atoms with E-state index >= 15 is 0 Å². The van der Waals surface area contributed by atoms with Gasteiger partial charge in [-0.3, -0.25) is 4.79 Å². The number of methoxy groups -OCH3 is 2. The van der Waals surface area contributed by atoms with E-state index in [0.29, 0.717) is 28.5 Å². The van der Waals surface area contributed by atoms with Gasteiger partial charge in [-0.2, -0.15) is 0 Å².